The summed E-state index contributed by atoms with van der Waals surface area (Å²) in [5.74, 6) is 2.74. The first kappa shape index (κ1) is 10.1. The van der Waals surface area contributed by atoms with Crippen LogP contribution in [0.2, 0.25) is 0 Å². The van der Waals surface area contributed by atoms with E-state index < -0.39 is 5.54 Å². The van der Waals surface area contributed by atoms with Gasteiger partial charge in [0.2, 0.25) is 5.91 Å². The lowest BCUT2D eigenvalue weighted by molar-refractivity contribution is -0.126. The summed E-state index contributed by atoms with van der Waals surface area (Å²) >= 11 is 0. The molecule has 0 aliphatic heterocycles. The number of hydrogen-bond acceptors (Lipinski definition) is 2. The van der Waals surface area contributed by atoms with Crippen molar-refractivity contribution in [3.63, 3.8) is 0 Å². The Hall–Kier alpha value is -1.01. The normalized spacial score (nSPS) is 20.1. The molecule has 1 atom stereocenters. The molecular formula is C10H16N2O. The molecule has 13 heavy (non-hydrogen) atoms. The molecule has 0 aromatic rings. The molecule has 3 N–H and O–H groups in total. The Bertz CT molecular complexity index is 236. The third-order valence-corrected chi connectivity index (χ3v) is 2.47. The van der Waals surface area contributed by atoms with Crippen molar-refractivity contribution in [2.24, 2.45) is 11.7 Å². The van der Waals surface area contributed by atoms with Gasteiger partial charge in [-0.25, -0.2) is 0 Å². The smallest absolute Gasteiger partial charge is 0.240 e. The molecule has 72 valence electrons. The van der Waals surface area contributed by atoms with Gasteiger partial charge in [0.15, 0.2) is 0 Å². The fraction of sp³-hybridized carbons (Fsp3) is 0.700. The Morgan fingerprint density at radius 1 is 1.77 bits per heavy atom. The van der Waals surface area contributed by atoms with Gasteiger partial charge in [-0.05, 0) is 25.7 Å². The minimum Gasteiger partial charge on any atom is -0.354 e. The standard InChI is InChI=1S/C10H16N2O/c1-3-4-7-12-9(13)10(2,11)8-5-6-8/h1,8H,4-7,11H2,2H3,(H,12,13). The zero-order valence-electron chi connectivity index (χ0n) is 7.97. The highest BCUT2D eigenvalue weighted by atomic mass is 16.2. The Kier molecular flexibility index (Phi) is 2.94. The molecule has 1 fully saturated rings. The summed E-state index contributed by atoms with van der Waals surface area (Å²) in [5.41, 5.74) is 5.18. The van der Waals surface area contributed by atoms with Gasteiger partial charge in [-0.3, -0.25) is 4.79 Å². The summed E-state index contributed by atoms with van der Waals surface area (Å²) in [6.45, 7) is 2.31. The highest BCUT2D eigenvalue weighted by molar-refractivity contribution is 5.86. The van der Waals surface area contributed by atoms with Gasteiger partial charge in [0.25, 0.3) is 0 Å². The topological polar surface area (TPSA) is 55.1 Å². The van der Waals surface area contributed by atoms with E-state index >= 15 is 0 Å². The van der Waals surface area contributed by atoms with E-state index in [-0.39, 0.29) is 5.91 Å². The molecule has 1 aliphatic carbocycles. The van der Waals surface area contributed by atoms with Crippen LogP contribution in [-0.2, 0) is 4.79 Å². The molecule has 0 heterocycles. The van der Waals surface area contributed by atoms with Gasteiger partial charge in [0.1, 0.15) is 0 Å². The Balaban J connectivity index is 2.33. The fourth-order valence-corrected chi connectivity index (χ4v) is 1.31. The van der Waals surface area contributed by atoms with Gasteiger partial charge < -0.3 is 11.1 Å². The van der Waals surface area contributed by atoms with Crippen molar-refractivity contribution in [2.75, 3.05) is 6.54 Å². The number of rotatable bonds is 4. The molecule has 1 rings (SSSR count). The second kappa shape index (κ2) is 3.80. The highest BCUT2D eigenvalue weighted by Crippen LogP contribution is 2.37. The number of amides is 1. The third kappa shape index (κ3) is 2.46. The molecule has 1 saturated carbocycles. The predicted molar refractivity (Wildman–Crippen MR) is 51.8 cm³/mol. The van der Waals surface area contributed by atoms with Crippen LogP contribution in [0.15, 0.2) is 0 Å². The minimum atomic E-state index is -0.700. The molecule has 0 spiro atoms. The second-order valence-electron chi connectivity index (χ2n) is 3.77. The zero-order chi connectivity index (χ0) is 9.90. The number of nitrogens with one attached hydrogen (secondary N) is 1. The van der Waals surface area contributed by atoms with Crippen molar-refractivity contribution in [3.05, 3.63) is 0 Å². The maximum Gasteiger partial charge on any atom is 0.240 e. The van der Waals surface area contributed by atoms with E-state index in [1.807, 2.05) is 0 Å². The van der Waals surface area contributed by atoms with Crippen LogP contribution in [0.3, 0.4) is 0 Å². The quantitative estimate of drug-likeness (QED) is 0.481. The summed E-state index contributed by atoms with van der Waals surface area (Å²) in [7, 11) is 0. The molecule has 0 aromatic carbocycles. The number of terminal acetylenes is 1. The fourth-order valence-electron chi connectivity index (χ4n) is 1.31. The number of carbonyl (C=O) groups is 1. The van der Waals surface area contributed by atoms with Crippen LogP contribution in [0.1, 0.15) is 26.2 Å². The van der Waals surface area contributed by atoms with Crippen LogP contribution in [0, 0.1) is 18.3 Å². The third-order valence-electron chi connectivity index (χ3n) is 2.47. The van der Waals surface area contributed by atoms with E-state index in [0.717, 1.165) is 12.8 Å². The first-order valence-electron chi connectivity index (χ1n) is 4.59. The summed E-state index contributed by atoms with van der Waals surface area (Å²) in [4.78, 5) is 11.5. The van der Waals surface area contributed by atoms with Crippen molar-refractivity contribution >= 4 is 5.91 Å². The number of hydrogen-bond donors (Lipinski definition) is 2. The zero-order valence-corrected chi connectivity index (χ0v) is 7.97. The highest BCUT2D eigenvalue weighted by Gasteiger charge is 2.43. The molecule has 1 unspecified atom stereocenters. The van der Waals surface area contributed by atoms with Gasteiger partial charge in [-0.2, -0.15) is 0 Å². The average molecular weight is 180 g/mol. The summed E-state index contributed by atoms with van der Waals surface area (Å²) < 4.78 is 0. The largest absolute Gasteiger partial charge is 0.354 e. The molecule has 0 saturated heterocycles. The molecular weight excluding hydrogens is 164 g/mol. The minimum absolute atomic E-state index is 0.0785. The summed E-state index contributed by atoms with van der Waals surface area (Å²) in [6.07, 6.45) is 7.76. The van der Waals surface area contributed by atoms with E-state index in [1.54, 1.807) is 6.92 Å². The van der Waals surface area contributed by atoms with E-state index in [9.17, 15) is 4.79 Å². The van der Waals surface area contributed by atoms with Gasteiger partial charge in [0, 0.05) is 13.0 Å². The van der Waals surface area contributed by atoms with Crippen LogP contribution in [0.4, 0.5) is 0 Å². The van der Waals surface area contributed by atoms with Crippen molar-refractivity contribution in [3.8, 4) is 12.3 Å². The van der Waals surface area contributed by atoms with Crippen molar-refractivity contribution in [1.29, 1.82) is 0 Å². The van der Waals surface area contributed by atoms with Crippen molar-refractivity contribution in [1.82, 2.24) is 5.32 Å². The molecule has 1 amide bonds. The Morgan fingerprint density at radius 2 is 2.38 bits per heavy atom. The molecule has 1 aliphatic rings. The number of carbonyl (C=O) groups excluding carboxylic acids is 1. The Morgan fingerprint density at radius 3 is 2.85 bits per heavy atom. The Labute approximate surface area is 79.1 Å². The summed E-state index contributed by atoms with van der Waals surface area (Å²) in [6, 6.07) is 0. The van der Waals surface area contributed by atoms with E-state index in [2.05, 4.69) is 11.2 Å². The average Bonchev–Trinajstić information content (AvgIpc) is 2.86. The monoisotopic (exact) mass is 180 g/mol. The first-order valence-corrected chi connectivity index (χ1v) is 4.59. The van der Waals surface area contributed by atoms with Gasteiger partial charge in [-0.1, -0.05) is 0 Å². The number of nitrogens with two attached hydrogens (primary N) is 1. The van der Waals surface area contributed by atoms with Crippen molar-refractivity contribution in [2.45, 2.75) is 31.7 Å². The maximum atomic E-state index is 11.5. The lowest BCUT2D eigenvalue weighted by Gasteiger charge is -2.22. The molecule has 0 radical (unpaired) electrons. The van der Waals surface area contributed by atoms with Crippen LogP contribution in [0.5, 0.6) is 0 Å². The predicted octanol–water partition coefficient (Wildman–Crippen LogP) is 0.253. The van der Waals surface area contributed by atoms with Crippen LogP contribution >= 0.6 is 0 Å². The SMILES string of the molecule is C#CCCNC(=O)C(C)(N)C1CC1. The van der Waals surface area contributed by atoms with Gasteiger partial charge in [0.05, 0.1) is 5.54 Å². The lowest BCUT2D eigenvalue weighted by atomic mass is 9.96. The van der Waals surface area contributed by atoms with Crippen LogP contribution in [0.25, 0.3) is 0 Å². The van der Waals surface area contributed by atoms with Crippen molar-refractivity contribution < 1.29 is 4.79 Å². The first-order chi connectivity index (χ1) is 6.09. The molecule has 0 aromatic heterocycles. The van der Waals surface area contributed by atoms with Gasteiger partial charge >= 0.3 is 0 Å². The maximum absolute atomic E-state index is 11.5. The van der Waals surface area contributed by atoms with E-state index in [1.165, 1.54) is 0 Å². The van der Waals surface area contributed by atoms with E-state index in [0.29, 0.717) is 18.9 Å². The molecule has 3 heteroatoms. The molecule has 3 nitrogen and oxygen atoms in total. The van der Waals surface area contributed by atoms with E-state index in [4.69, 9.17) is 12.2 Å². The van der Waals surface area contributed by atoms with Crippen LogP contribution < -0.4 is 11.1 Å². The summed E-state index contributed by atoms with van der Waals surface area (Å²) in [5, 5.41) is 2.74. The molecule has 0 bridgehead atoms. The second-order valence-corrected chi connectivity index (χ2v) is 3.77. The van der Waals surface area contributed by atoms with Gasteiger partial charge in [-0.15, -0.1) is 12.3 Å². The van der Waals surface area contributed by atoms with Crippen LogP contribution in [-0.4, -0.2) is 18.0 Å². The lowest BCUT2D eigenvalue weighted by Crippen LogP contribution is -2.53.